The fourth-order valence-electron chi connectivity index (χ4n) is 3.97. The van der Waals surface area contributed by atoms with Crippen LogP contribution in [0.25, 0.3) is 11.3 Å². The molecule has 2 aliphatic heterocycles. The zero-order valence-electron chi connectivity index (χ0n) is 16.4. The number of aromatic nitrogens is 2. The molecule has 0 spiro atoms. The van der Waals surface area contributed by atoms with Gasteiger partial charge < -0.3 is 14.5 Å². The number of aryl methyl sites for hydroxylation is 1. The van der Waals surface area contributed by atoms with Crippen molar-refractivity contribution in [2.24, 2.45) is 0 Å². The number of fused-ring (bicyclic) bond motifs is 4. The molecule has 5 rings (SSSR count). The van der Waals surface area contributed by atoms with Crippen LogP contribution in [0, 0.1) is 0 Å². The summed E-state index contributed by atoms with van der Waals surface area (Å²) in [6.07, 6.45) is 6.18. The Morgan fingerprint density at radius 2 is 2.10 bits per heavy atom. The minimum absolute atomic E-state index is 0.620. The van der Waals surface area contributed by atoms with Crippen molar-refractivity contribution in [1.82, 2.24) is 9.97 Å². The third-order valence-electron chi connectivity index (χ3n) is 5.38. The molecule has 0 saturated heterocycles. The molecule has 3 heterocycles. The summed E-state index contributed by atoms with van der Waals surface area (Å²) in [6.45, 7) is 5.75. The highest BCUT2D eigenvalue weighted by atomic mass is 32.2. The Morgan fingerprint density at radius 1 is 1.21 bits per heavy atom. The van der Waals surface area contributed by atoms with Crippen molar-refractivity contribution in [2.45, 2.75) is 17.7 Å². The molecule has 0 unspecified atom stereocenters. The molecule has 3 aromatic rings. The van der Waals surface area contributed by atoms with E-state index in [-0.39, 0.29) is 0 Å². The summed E-state index contributed by atoms with van der Waals surface area (Å²) < 4.78 is 2.22. The highest BCUT2D eigenvalue weighted by Crippen LogP contribution is 2.45. The largest absolute Gasteiger partial charge is 0.374 e. The van der Waals surface area contributed by atoms with E-state index in [1.54, 1.807) is 11.9 Å². The standard InChI is InChI=1S/C23H23N5S/c1-3-12-28-19-9-5-4-8-18(19)22-21(29-28)15-24-23(26-22)25-17-11-10-16-7-6-13-27(2)20(16)14-17/h3-5,8-11,14-15H,1,6-7,12-13H2,2H3,(H,24,25,26). The second-order valence-corrected chi connectivity index (χ2v) is 8.42. The zero-order valence-corrected chi connectivity index (χ0v) is 17.2. The van der Waals surface area contributed by atoms with Crippen molar-refractivity contribution in [2.75, 3.05) is 34.7 Å². The minimum atomic E-state index is 0.620. The SMILES string of the molecule is C=CCN1Sc2cnc(Nc3ccc4c(c3)N(C)CCC4)nc2-c2ccccc21. The van der Waals surface area contributed by atoms with E-state index < -0.39 is 0 Å². The van der Waals surface area contributed by atoms with Crippen LogP contribution in [0.1, 0.15) is 12.0 Å². The van der Waals surface area contributed by atoms with Gasteiger partial charge in [0.15, 0.2) is 0 Å². The van der Waals surface area contributed by atoms with Gasteiger partial charge in [0, 0.05) is 43.3 Å². The average Bonchev–Trinajstić information content (AvgIpc) is 2.75. The van der Waals surface area contributed by atoms with Gasteiger partial charge in [-0.05, 0) is 48.6 Å². The molecule has 2 aliphatic rings. The number of benzene rings is 2. The van der Waals surface area contributed by atoms with Gasteiger partial charge in [-0.2, -0.15) is 0 Å². The Balaban J connectivity index is 1.48. The Hall–Kier alpha value is -2.99. The molecule has 0 atom stereocenters. The highest BCUT2D eigenvalue weighted by Gasteiger charge is 2.24. The molecule has 6 heteroatoms. The van der Waals surface area contributed by atoms with E-state index in [1.807, 2.05) is 12.3 Å². The lowest BCUT2D eigenvalue weighted by Crippen LogP contribution is -2.24. The van der Waals surface area contributed by atoms with Crippen molar-refractivity contribution >= 4 is 35.0 Å². The molecular weight excluding hydrogens is 378 g/mol. The van der Waals surface area contributed by atoms with Crippen molar-refractivity contribution in [1.29, 1.82) is 0 Å². The van der Waals surface area contributed by atoms with Gasteiger partial charge in [-0.1, -0.05) is 30.3 Å². The van der Waals surface area contributed by atoms with Crippen LogP contribution in [0.3, 0.4) is 0 Å². The molecule has 1 N–H and O–H groups in total. The quantitative estimate of drug-likeness (QED) is 0.474. The summed E-state index contributed by atoms with van der Waals surface area (Å²) in [7, 11) is 2.15. The monoisotopic (exact) mass is 401 g/mol. The lowest BCUT2D eigenvalue weighted by Gasteiger charge is -2.30. The molecule has 0 amide bonds. The van der Waals surface area contributed by atoms with Gasteiger partial charge in [0.2, 0.25) is 5.95 Å². The zero-order chi connectivity index (χ0) is 19.8. The molecule has 0 saturated carbocycles. The molecule has 5 nitrogen and oxygen atoms in total. The first kappa shape index (κ1) is 18.1. The van der Waals surface area contributed by atoms with Crippen LogP contribution in [-0.4, -0.2) is 30.1 Å². The topological polar surface area (TPSA) is 44.3 Å². The van der Waals surface area contributed by atoms with E-state index in [0.717, 1.165) is 47.0 Å². The Kier molecular flexibility index (Phi) is 4.64. The molecule has 0 aliphatic carbocycles. The summed E-state index contributed by atoms with van der Waals surface area (Å²) in [6, 6.07) is 14.9. The number of hydrogen-bond donors (Lipinski definition) is 1. The second-order valence-electron chi connectivity index (χ2n) is 7.36. The first-order valence-corrected chi connectivity index (χ1v) is 10.6. The maximum absolute atomic E-state index is 4.87. The Labute approximate surface area is 175 Å². The predicted molar refractivity (Wildman–Crippen MR) is 122 cm³/mol. The van der Waals surface area contributed by atoms with Crippen molar-refractivity contribution in [3.63, 3.8) is 0 Å². The third kappa shape index (κ3) is 3.34. The summed E-state index contributed by atoms with van der Waals surface area (Å²) in [5, 5.41) is 3.40. The number of nitrogens with zero attached hydrogens (tertiary/aromatic N) is 4. The molecule has 146 valence electrons. The van der Waals surface area contributed by atoms with Crippen molar-refractivity contribution in [3.05, 3.63) is 66.9 Å². The van der Waals surface area contributed by atoms with E-state index in [9.17, 15) is 0 Å². The number of nitrogens with one attached hydrogen (secondary N) is 1. The van der Waals surface area contributed by atoms with E-state index in [2.05, 4.69) is 75.6 Å². The normalized spacial score (nSPS) is 14.7. The predicted octanol–water partition coefficient (Wildman–Crippen LogP) is 5.28. The fourth-order valence-corrected chi connectivity index (χ4v) is 4.98. The minimum Gasteiger partial charge on any atom is -0.374 e. The summed E-state index contributed by atoms with van der Waals surface area (Å²) >= 11 is 1.66. The van der Waals surface area contributed by atoms with Gasteiger partial charge in [0.05, 0.1) is 16.3 Å². The van der Waals surface area contributed by atoms with Crippen molar-refractivity contribution in [3.8, 4) is 11.3 Å². The van der Waals surface area contributed by atoms with Gasteiger partial charge in [0.1, 0.15) is 0 Å². The van der Waals surface area contributed by atoms with Crippen LogP contribution in [0.5, 0.6) is 0 Å². The first-order valence-electron chi connectivity index (χ1n) is 9.87. The lowest BCUT2D eigenvalue weighted by molar-refractivity contribution is 0.745. The number of rotatable bonds is 4. The molecule has 0 bridgehead atoms. The Bertz CT molecular complexity index is 1080. The summed E-state index contributed by atoms with van der Waals surface area (Å²) in [5.74, 6) is 0.620. The van der Waals surface area contributed by atoms with E-state index in [0.29, 0.717) is 5.95 Å². The second kappa shape index (κ2) is 7.44. The average molecular weight is 402 g/mol. The van der Waals surface area contributed by atoms with Gasteiger partial charge in [-0.25, -0.2) is 9.97 Å². The van der Waals surface area contributed by atoms with E-state index in [1.165, 1.54) is 17.7 Å². The Morgan fingerprint density at radius 3 is 3.00 bits per heavy atom. The molecule has 1 aromatic heterocycles. The molecule has 2 aromatic carbocycles. The summed E-state index contributed by atoms with van der Waals surface area (Å²) in [4.78, 5) is 12.8. The molecular formula is C23H23N5S. The number of hydrogen-bond acceptors (Lipinski definition) is 6. The van der Waals surface area contributed by atoms with E-state index >= 15 is 0 Å². The molecule has 0 radical (unpaired) electrons. The first-order chi connectivity index (χ1) is 14.2. The molecule has 0 fully saturated rings. The van der Waals surface area contributed by atoms with Crippen LogP contribution in [0.4, 0.5) is 23.0 Å². The maximum Gasteiger partial charge on any atom is 0.227 e. The number of para-hydroxylation sites is 1. The van der Waals surface area contributed by atoms with Crippen molar-refractivity contribution < 1.29 is 0 Å². The smallest absolute Gasteiger partial charge is 0.227 e. The van der Waals surface area contributed by atoms with Gasteiger partial charge in [-0.3, -0.25) is 0 Å². The van der Waals surface area contributed by atoms with Gasteiger partial charge in [-0.15, -0.1) is 6.58 Å². The lowest BCUT2D eigenvalue weighted by atomic mass is 10.0. The van der Waals surface area contributed by atoms with Gasteiger partial charge in [0.25, 0.3) is 0 Å². The highest BCUT2D eigenvalue weighted by molar-refractivity contribution is 8.00. The van der Waals surface area contributed by atoms with Crippen LogP contribution in [0.15, 0.2) is 66.2 Å². The summed E-state index contributed by atoms with van der Waals surface area (Å²) in [5.41, 5.74) is 6.97. The molecule has 29 heavy (non-hydrogen) atoms. The maximum atomic E-state index is 4.87. The fraction of sp³-hybridized carbons (Fsp3) is 0.217. The number of anilines is 4. The van der Waals surface area contributed by atoms with Crippen LogP contribution in [-0.2, 0) is 6.42 Å². The van der Waals surface area contributed by atoms with Gasteiger partial charge >= 0.3 is 0 Å². The third-order valence-corrected chi connectivity index (χ3v) is 6.44. The van der Waals surface area contributed by atoms with Crippen LogP contribution in [0.2, 0.25) is 0 Å². The van der Waals surface area contributed by atoms with E-state index in [4.69, 9.17) is 4.98 Å². The van der Waals surface area contributed by atoms with Crippen LogP contribution < -0.4 is 14.5 Å². The van der Waals surface area contributed by atoms with Crippen LogP contribution >= 0.6 is 11.9 Å².